The fraction of sp³-hybridized carbons (Fsp3) is 0.278. The lowest BCUT2D eigenvalue weighted by Crippen LogP contribution is -2.33. The van der Waals surface area contributed by atoms with Gasteiger partial charge in [0.15, 0.2) is 18.1 Å². The predicted molar refractivity (Wildman–Crippen MR) is 97.6 cm³/mol. The minimum absolute atomic E-state index is 0.108. The maximum absolute atomic E-state index is 12.0. The first kappa shape index (κ1) is 20.2. The Hall–Kier alpha value is -3.07. The van der Waals surface area contributed by atoms with Crippen LogP contribution in [0.25, 0.3) is 0 Å². The maximum Gasteiger partial charge on any atom is 0.310 e. The van der Waals surface area contributed by atoms with Crippen molar-refractivity contribution in [3.63, 3.8) is 0 Å². The Bertz CT molecular complexity index is 792. The van der Waals surface area contributed by atoms with Gasteiger partial charge >= 0.3 is 5.97 Å². The number of hydrogen-bond acceptors (Lipinski definition) is 8. The number of esters is 1. The second-order valence-electron chi connectivity index (χ2n) is 5.23. The summed E-state index contributed by atoms with van der Waals surface area (Å²) in [6, 6.07) is 6.51. The van der Waals surface area contributed by atoms with Crippen molar-refractivity contribution in [3.05, 3.63) is 40.1 Å². The van der Waals surface area contributed by atoms with Gasteiger partial charge in [0.2, 0.25) is 5.75 Å². The highest BCUT2D eigenvalue weighted by atomic mass is 32.1. The molecule has 0 aliphatic rings. The third-order valence-corrected chi connectivity index (χ3v) is 4.30. The molecule has 27 heavy (non-hydrogen) atoms. The molecule has 0 aliphatic heterocycles. The Balaban J connectivity index is 1.91. The largest absolute Gasteiger partial charge is 0.493 e. The number of rotatable bonds is 8. The minimum atomic E-state index is -0.702. The smallest absolute Gasteiger partial charge is 0.310 e. The molecule has 2 aromatic rings. The van der Waals surface area contributed by atoms with Gasteiger partial charge in [0.1, 0.15) is 0 Å². The molecule has 1 aromatic carbocycles. The van der Waals surface area contributed by atoms with Crippen molar-refractivity contribution >= 4 is 29.1 Å². The first-order chi connectivity index (χ1) is 13.0. The summed E-state index contributed by atoms with van der Waals surface area (Å²) in [6.45, 7) is -0.555. The molecule has 0 saturated carbocycles. The van der Waals surface area contributed by atoms with E-state index in [1.807, 2.05) is 0 Å². The van der Waals surface area contributed by atoms with Gasteiger partial charge in [-0.2, -0.15) is 0 Å². The highest BCUT2D eigenvalue weighted by molar-refractivity contribution is 7.12. The Morgan fingerprint density at radius 1 is 1.04 bits per heavy atom. The van der Waals surface area contributed by atoms with Gasteiger partial charge in [-0.05, 0) is 29.1 Å². The average molecular weight is 393 g/mol. The third-order valence-electron chi connectivity index (χ3n) is 3.44. The number of ether oxygens (including phenoxy) is 4. The van der Waals surface area contributed by atoms with Crippen LogP contribution in [0, 0.1) is 0 Å². The lowest BCUT2D eigenvalue weighted by molar-refractivity contribution is -0.147. The molecule has 0 spiro atoms. The number of amides is 2. The number of thiophene rings is 1. The maximum atomic E-state index is 12.0. The molecule has 0 aliphatic carbocycles. The number of carbonyl (C=O) groups is 3. The molecule has 1 aromatic heterocycles. The molecule has 2 rings (SSSR count). The monoisotopic (exact) mass is 393 g/mol. The van der Waals surface area contributed by atoms with Gasteiger partial charge in [0, 0.05) is 0 Å². The summed E-state index contributed by atoms with van der Waals surface area (Å²) in [4.78, 5) is 35.9. The highest BCUT2D eigenvalue weighted by Crippen LogP contribution is 2.38. The Morgan fingerprint density at radius 3 is 2.22 bits per heavy atom. The summed E-state index contributed by atoms with van der Waals surface area (Å²) in [7, 11) is 4.41. The fourth-order valence-corrected chi connectivity index (χ4v) is 2.85. The van der Waals surface area contributed by atoms with E-state index in [-0.39, 0.29) is 6.42 Å². The molecule has 8 nitrogen and oxygen atoms in total. The zero-order chi connectivity index (χ0) is 19.8. The van der Waals surface area contributed by atoms with E-state index in [1.165, 1.54) is 32.7 Å². The first-order valence-electron chi connectivity index (χ1n) is 7.80. The lowest BCUT2D eigenvalue weighted by atomic mass is 10.1. The van der Waals surface area contributed by atoms with Crippen LogP contribution < -0.4 is 19.5 Å². The Kier molecular flexibility index (Phi) is 7.18. The molecule has 144 valence electrons. The van der Waals surface area contributed by atoms with Crippen LogP contribution in [-0.2, 0) is 20.7 Å². The van der Waals surface area contributed by atoms with Gasteiger partial charge < -0.3 is 18.9 Å². The van der Waals surface area contributed by atoms with E-state index in [0.717, 1.165) is 0 Å². The molecule has 0 atom stereocenters. The van der Waals surface area contributed by atoms with E-state index < -0.39 is 24.4 Å². The SMILES string of the molecule is COc1cc(CC(=O)OCC(=O)NC(=O)c2cccs2)cc(OC)c1OC. The van der Waals surface area contributed by atoms with Crippen molar-refractivity contribution in [1.82, 2.24) is 5.32 Å². The molecular weight excluding hydrogens is 374 g/mol. The normalized spacial score (nSPS) is 10.0. The predicted octanol–water partition coefficient (Wildman–Crippen LogP) is 1.82. The second kappa shape index (κ2) is 9.58. The first-order valence-corrected chi connectivity index (χ1v) is 8.68. The van der Waals surface area contributed by atoms with Crippen LogP contribution in [0.3, 0.4) is 0 Å². The third kappa shape index (κ3) is 5.45. The summed E-state index contributed by atoms with van der Waals surface area (Å²) < 4.78 is 20.6. The van der Waals surface area contributed by atoms with Crippen LogP contribution in [-0.4, -0.2) is 45.7 Å². The molecule has 1 heterocycles. The van der Waals surface area contributed by atoms with Crippen molar-refractivity contribution in [3.8, 4) is 17.2 Å². The Morgan fingerprint density at radius 2 is 1.70 bits per heavy atom. The molecule has 9 heteroatoms. The van der Waals surface area contributed by atoms with Gasteiger partial charge in [0.05, 0.1) is 32.6 Å². The van der Waals surface area contributed by atoms with Crippen molar-refractivity contribution in [2.24, 2.45) is 0 Å². The minimum Gasteiger partial charge on any atom is -0.493 e. The molecule has 0 unspecified atom stereocenters. The van der Waals surface area contributed by atoms with Crippen LogP contribution in [0.4, 0.5) is 0 Å². The fourth-order valence-electron chi connectivity index (χ4n) is 2.23. The molecule has 1 N–H and O–H groups in total. The molecule has 2 amide bonds. The van der Waals surface area contributed by atoms with Crippen LogP contribution >= 0.6 is 11.3 Å². The van der Waals surface area contributed by atoms with Crippen molar-refractivity contribution in [1.29, 1.82) is 0 Å². The van der Waals surface area contributed by atoms with E-state index in [4.69, 9.17) is 18.9 Å². The molecule has 0 saturated heterocycles. The molecular formula is C18H19NO7S. The highest BCUT2D eigenvalue weighted by Gasteiger charge is 2.17. The van der Waals surface area contributed by atoms with Crippen molar-refractivity contribution in [2.45, 2.75) is 6.42 Å². The summed E-state index contributed by atoms with van der Waals surface area (Å²) in [6.07, 6.45) is -0.108. The van der Waals surface area contributed by atoms with Gasteiger partial charge in [-0.15, -0.1) is 11.3 Å². The van der Waals surface area contributed by atoms with E-state index in [0.29, 0.717) is 27.7 Å². The van der Waals surface area contributed by atoms with Gasteiger partial charge in [-0.1, -0.05) is 6.07 Å². The van der Waals surface area contributed by atoms with Crippen molar-refractivity contribution in [2.75, 3.05) is 27.9 Å². The second-order valence-corrected chi connectivity index (χ2v) is 6.17. The van der Waals surface area contributed by atoms with Crippen LogP contribution in [0.15, 0.2) is 29.6 Å². The van der Waals surface area contributed by atoms with Crippen LogP contribution in [0.5, 0.6) is 17.2 Å². The van der Waals surface area contributed by atoms with Gasteiger partial charge in [-0.25, -0.2) is 0 Å². The number of methoxy groups -OCH3 is 3. The van der Waals surface area contributed by atoms with Crippen molar-refractivity contribution < 1.29 is 33.3 Å². The zero-order valence-electron chi connectivity index (χ0n) is 15.1. The number of carbonyl (C=O) groups excluding carboxylic acids is 3. The molecule has 0 fully saturated rings. The summed E-state index contributed by atoms with van der Waals surface area (Å²) in [5.74, 6) is -0.660. The number of nitrogens with one attached hydrogen (secondary N) is 1. The van der Waals surface area contributed by atoms with Crippen LogP contribution in [0.2, 0.25) is 0 Å². The summed E-state index contributed by atoms with van der Waals surface area (Å²) in [5.41, 5.74) is 0.560. The van der Waals surface area contributed by atoms with E-state index in [1.54, 1.807) is 29.6 Å². The average Bonchev–Trinajstić information content (AvgIpc) is 3.20. The summed E-state index contributed by atoms with van der Waals surface area (Å²) in [5, 5.41) is 3.87. The van der Waals surface area contributed by atoms with E-state index >= 15 is 0 Å². The topological polar surface area (TPSA) is 100 Å². The number of imide groups is 1. The van der Waals surface area contributed by atoms with Gasteiger partial charge in [0.25, 0.3) is 11.8 Å². The molecule has 0 bridgehead atoms. The standard InChI is InChI=1S/C18H19NO7S/c1-23-12-7-11(8-13(24-2)17(12)25-3)9-16(21)26-10-15(20)19-18(22)14-5-4-6-27-14/h4-8H,9-10H2,1-3H3,(H,19,20,22). The van der Waals surface area contributed by atoms with Crippen LogP contribution in [0.1, 0.15) is 15.2 Å². The van der Waals surface area contributed by atoms with E-state index in [2.05, 4.69) is 5.32 Å². The lowest BCUT2D eigenvalue weighted by Gasteiger charge is -2.14. The van der Waals surface area contributed by atoms with E-state index in [9.17, 15) is 14.4 Å². The quantitative estimate of drug-likeness (QED) is 0.683. The Labute approximate surface area is 160 Å². The number of benzene rings is 1. The van der Waals surface area contributed by atoms with Gasteiger partial charge in [-0.3, -0.25) is 19.7 Å². The zero-order valence-corrected chi connectivity index (χ0v) is 15.9. The summed E-state index contributed by atoms with van der Waals surface area (Å²) >= 11 is 1.20. The molecule has 0 radical (unpaired) electrons. The number of hydrogen-bond donors (Lipinski definition) is 1.